The summed E-state index contributed by atoms with van der Waals surface area (Å²) in [6.45, 7) is 8.32. The average molecular weight is 378 g/mol. The predicted octanol–water partition coefficient (Wildman–Crippen LogP) is 0.954. The van der Waals surface area contributed by atoms with Crippen LogP contribution in [0.3, 0.4) is 0 Å². The Labute approximate surface area is 158 Å². The summed E-state index contributed by atoms with van der Waals surface area (Å²) >= 11 is 0. The first-order valence-corrected chi connectivity index (χ1v) is 8.83. The van der Waals surface area contributed by atoms with Crippen LogP contribution < -0.4 is 0 Å². The summed E-state index contributed by atoms with van der Waals surface area (Å²) in [5.41, 5.74) is 1.60. The molecule has 0 unspecified atom stereocenters. The molecule has 1 heterocycles. The van der Waals surface area contributed by atoms with E-state index in [4.69, 9.17) is 14.6 Å². The van der Waals surface area contributed by atoms with Gasteiger partial charge in [0.2, 0.25) is 0 Å². The molecular formula is C20H26O7. The van der Waals surface area contributed by atoms with Crippen LogP contribution in [-0.2, 0) is 19.1 Å². The summed E-state index contributed by atoms with van der Waals surface area (Å²) in [6.07, 6.45) is 2.46. The Morgan fingerprint density at radius 3 is 2.78 bits per heavy atom. The molecule has 0 saturated carbocycles. The summed E-state index contributed by atoms with van der Waals surface area (Å²) < 4.78 is 10.9. The Morgan fingerprint density at radius 1 is 1.44 bits per heavy atom. The lowest BCUT2D eigenvalue weighted by Gasteiger charge is -2.28. The molecule has 1 aliphatic heterocycles. The van der Waals surface area contributed by atoms with Gasteiger partial charge in [-0.05, 0) is 31.4 Å². The zero-order chi connectivity index (χ0) is 20.1. The SMILES string of the molecule is C=C1C(=O)O[C@H]2/C=C(/CO)CC/C=C(/C)C[C@@H](OC(=O)C(=C)[C@@H](O)CO)[C@H]12. The number of ether oxygens (including phenoxy) is 2. The average Bonchev–Trinajstić information content (AvgIpc) is 2.92. The molecular weight excluding hydrogens is 352 g/mol. The number of carbonyl (C=O) groups excluding carboxylic acids is 2. The van der Waals surface area contributed by atoms with Gasteiger partial charge in [-0.1, -0.05) is 24.8 Å². The van der Waals surface area contributed by atoms with Crippen LogP contribution in [0, 0.1) is 5.92 Å². The lowest BCUT2D eigenvalue weighted by atomic mass is 9.85. The van der Waals surface area contributed by atoms with Crippen molar-refractivity contribution >= 4 is 11.9 Å². The van der Waals surface area contributed by atoms with Crippen LogP contribution in [0.15, 0.2) is 47.6 Å². The van der Waals surface area contributed by atoms with Gasteiger partial charge < -0.3 is 24.8 Å². The van der Waals surface area contributed by atoms with Crippen LogP contribution in [0.4, 0.5) is 0 Å². The van der Waals surface area contributed by atoms with E-state index in [-0.39, 0.29) is 17.8 Å². The van der Waals surface area contributed by atoms with Gasteiger partial charge in [0.05, 0.1) is 24.7 Å². The smallest absolute Gasteiger partial charge is 0.336 e. The van der Waals surface area contributed by atoms with Gasteiger partial charge in [-0.15, -0.1) is 0 Å². The first kappa shape index (κ1) is 21.1. The van der Waals surface area contributed by atoms with Gasteiger partial charge in [-0.25, -0.2) is 9.59 Å². The van der Waals surface area contributed by atoms with E-state index < -0.39 is 42.8 Å². The number of carbonyl (C=O) groups is 2. The van der Waals surface area contributed by atoms with Gasteiger partial charge in [-0.2, -0.15) is 0 Å². The molecule has 1 aliphatic carbocycles. The quantitative estimate of drug-likeness (QED) is 0.371. The summed E-state index contributed by atoms with van der Waals surface area (Å²) in [4.78, 5) is 24.4. The highest BCUT2D eigenvalue weighted by atomic mass is 16.6. The van der Waals surface area contributed by atoms with Crippen molar-refractivity contribution in [2.75, 3.05) is 13.2 Å². The highest BCUT2D eigenvalue weighted by Gasteiger charge is 2.44. The number of allylic oxidation sites excluding steroid dienone is 1. The molecule has 0 aromatic heterocycles. The highest BCUT2D eigenvalue weighted by Crippen LogP contribution is 2.36. The summed E-state index contributed by atoms with van der Waals surface area (Å²) in [6, 6.07) is 0. The summed E-state index contributed by atoms with van der Waals surface area (Å²) in [5, 5.41) is 28.2. The third-order valence-electron chi connectivity index (χ3n) is 4.84. The maximum Gasteiger partial charge on any atom is 0.336 e. The Bertz CT molecular complexity index is 688. The van der Waals surface area contributed by atoms with E-state index in [9.17, 15) is 19.8 Å². The van der Waals surface area contributed by atoms with Crippen LogP contribution >= 0.6 is 0 Å². The molecule has 1 saturated heterocycles. The van der Waals surface area contributed by atoms with Crippen molar-refractivity contribution in [2.45, 2.75) is 44.5 Å². The Balaban J connectivity index is 2.36. The Kier molecular flexibility index (Phi) is 7.12. The fourth-order valence-corrected chi connectivity index (χ4v) is 3.23. The van der Waals surface area contributed by atoms with Crippen molar-refractivity contribution in [2.24, 2.45) is 5.92 Å². The zero-order valence-electron chi connectivity index (χ0n) is 15.4. The molecule has 7 nitrogen and oxygen atoms in total. The molecule has 3 N–H and O–H groups in total. The van der Waals surface area contributed by atoms with Crippen LogP contribution in [0.25, 0.3) is 0 Å². The van der Waals surface area contributed by atoms with Crippen molar-refractivity contribution in [3.63, 3.8) is 0 Å². The predicted molar refractivity (Wildman–Crippen MR) is 97.4 cm³/mol. The number of hydrogen-bond donors (Lipinski definition) is 3. The van der Waals surface area contributed by atoms with Gasteiger partial charge in [0, 0.05) is 12.0 Å². The molecule has 0 aromatic carbocycles. The van der Waals surface area contributed by atoms with Crippen molar-refractivity contribution < 1.29 is 34.4 Å². The monoisotopic (exact) mass is 378 g/mol. The normalized spacial score (nSPS) is 30.9. The zero-order valence-corrected chi connectivity index (χ0v) is 15.4. The first-order valence-electron chi connectivity index (χ1n) is 8.83. The molecule has 0 spiro atoms. The van der Waals surface area contributed by atoms with Crippen molar-refractivity contribution in [3.8, 4) is 0 Å². The van der Waals surface area contributed by atoms with Gasteiger partial charge in [0.1, 0.15) is 18.3 Å². The first-order chi connectivity index (χ1) is 12.8. The number of hydrogen-bond acceptors (Lipinski definition) is 7. The van der Waals surface area contributed by atoms with E-state index in [2.05, 4.69) is 13.2 Å². The number of aliphatic hydroxyl groups is 3. The van der Waals surface area contributed by atoms with Gasteiger partial charge >= 0.3 is 11.9 Å². The standard InChI is InChI=1S/C20H26O7/c1-11-5-4-6-14(9-21)8-17-18(13(3)20(25)27-17)16(7-11)26-19(24)12(2)15(23)10-22/h5,8,15-18,21-23H,2-4,6-7,9-10H2,1H3/b11-5-,14-8+/t15-,16+,17-,18-/m0/s1. The topological polar surface area (TPSA) is 113 Å². The van der Waals surface area contributed by atoms with E-state index in [1.165, 1.54) is 0 Å². The molecule has 1 fully saturated rings. The molecule has 4 atom stereocenters. The molecule has 7 heteroatoms. The fraction of sp³-hybridized carbons (Fsp3) is 0.500. The largest absolute Gasteiger partial charge is 0.458 e. The van der Waals surface area contributed by atoms with Crippen molar-refractivity contribution in [1.29, 1.82) is 0 Å². The van der Waals surface area contributed by atoms with Crippen molar-refractivity contribution in [1.82, 2.24) is 0 Å². The molecule has 0 radical (unpaired) electrons. The van der Waals surface area contributed by atoms with Crippen molar-refractivity contribution in [3.05, 3.63) is 47.6 Å². The number of esters is 2. The lowest BCUT2D eigenvalue weighted by molar-refractivity contribution is -0.148. The Morgan fingerprint density at radius 2 is 2.15 bits per heavy atom. The van der Waals surface area contributed by atoms with E-state index in [0.29, 0.717) is 19.3 Å². The van der Waals surface area contributed by atoms with Crippen LogP contribution in [0.2, 0.25) is 0 Å². The van der Waals surface area contributed by atoms with E-state index >= 15 is 0 Å². The molecule has 0 amide bonds. The fourth-order valence-electron chi connectivity index (χ4n) is 3.23. The maximum atomic E-state index is 12.3. The summed E-state index contributed by atoms with van der Waals surface area (Å²) in [5.74, 6) is -2.05. The van der Waals surface area contributed by atoms with E-state index in [1.807, 2.05) is 13.0 Å². The van der Waals surface area contributed by atoms with Gasteiger partial charge in [-0.3, -0.25) is 0 Å². The van der Waals surface area contributed by atoms with Gasteiger partial charge in [0.15, 0.2) is 0 Å². The molecule has 0 aromatic rings. The van der Waals surface area contributed by atoms with Gasteiger partial charge in [0.25, 0.3) is 0 Å². The van der Waals surface area contributed by atoms with Crippen LogP contribution in [0.5, 0.6) is 0 Å². The lowest BCUT2D eigenvalue weighted by Crippen LogP contribution is -2.35. The molecule has 148 valence electrons. The molecule has 2 rings (SSSR count). The van der Waals surface area contributed by atoms with Crippen LogP contribution in [0.1, 0.15) is 26.2 Å². The minimum absolute atomic E-state index is 0.163. The molecule has 0 bridgehead atoms. The number of fused-ring (bicyclic) bond motifs is 1. The van der Waals surface area contributed by atoms with Crippen LogP contribution in [-0.4, -0.2) is 58.8 Å². The highest BCUT2D eigenvalue weighted by molar-refractivity contribution is 5.92. The number of rotatable bonds is 5. The third kappa shape index (κ3) is 4.94. The molecule has 2 aliphatic rings. The van der Waals surface area contributed by atoms with E-state index in [1.54, 1.807) is 6.08 Å². The third-order valence-corrected chi connectivity index (χ3v) is 4.84. The maximum absolute atomic E-state index is 12.3. The second-order valence-corrected chi connectivity index (χ2v) is 6.86. The Hall–Kier alpha value is -2.22. The minimum atomic E-state index is -1.42. The number of aliphatic hydroxyl groups excluding tert-OH is 3. The molecule has 27 heavy (non-hydrogen) atoms. The second kappa shape index (κ2) is 9.12. The van der Waals surface area contributed by atoms with E-state index in [0.717, 1.165) is 11.1 Å². The summed E-state index contributed by atoms with van der Waals surface area (Å²) in [7, 11) is 0. The minimum Gasteiger partial charge on any atom is -0.458 e. The second-order valence-electron chi connectivity index (χ2n) is 6.86.